The van der Waals surface area contributed by atoms with Crippen molar-refractivity contribution in [2.24, 2.45) is 10.8 Å². The summed E-state index contributed by atoms with van der Waals surface area (Å²) in [7, 11) is -7.61. The van der Waals surface area contributed by atoms with Gasteiger partial charge < -0.3 is 15.2 Å². The van der Waals surface area contributed by atoms with Crippen LogP contribution in [0.3, 0.4) is 0 Å². The fourth-order valence-electron chi connectivity index (χ4n) is 6.24. The van der Waals surface area contributed by atoms with Crippen molar-refractivity contribution in [2.75, 3.05) is 26.3 Å². The van der Waals surface area contributed by atoms with Gasteiger partial charge in [0.05, 0.1) is 34.0 Å². The number of fused-ring (bicyclic) bond motifs is 4. The molecule has 14 nitrogen and oxygen atoms in total. The lowest BCUT2D eigenvalue weighted by molar-refractivity contribution is 0.313. The van der Waals surface area contributed by atoms with Crippen LogP contribution in [0.5, 0.6) is 11.5 Å². The van der Waals surface area contributed by atoms with Crippen LogP contribution in [0.25, 0.3) is 53.8 Å². The van der Waals surface area contributed by atoms with Gasteiger partial charge in [0, 0.05) is 33.0 Å². The molecule has 0 saturated heterocycles. The summed E-state index contributed by atoms with van der Waals surface area (Å²) in [6, 6.07) is 35.5. The number of nitrogens with zero attached hydrogens (tertiary/aromatic N) is 5. The van der Waals surface area contributed by atoms with Crippen LogP contribution >= 0.6 is 0 Å². The number of aromatic amines is 2. The van der Waals surface area contributed by atoms with Gasteiger partial charge >= 0.3 is 0 Å². The third-order valence-electron chi connectivity index (χ3n) is 8.95. The SMILES string of the molecule is NCCCOc1ccc2n[nH]c(S(=O)(=O)c3cccc4ccccc34)c2c1.[N-]=[N+]=NCCCOc1ccc2n[nH]c(S(=O)(=O)c3cccc4ccccc34)c2c1. The van der Waals surface area contributed by atoms with Crippen LogP contribution in [0.1, 0.15) is 12.8 Å². The number of benzene rings is 6. The van der Waals surface area contributed by atoms with Gasteiger partial charge in [0.25, 0.3) is 0 Å². The van der Waals surface area contributed by atoms with Crippen LogP contribution in [-0.4, -0.2) is 63.5 Å². The Morgan fingerprint density at radius 1 is 0.607 bits per heavy atom. The Kier molecular flexibility index (Phi) is 11.2. The molecule has 8 aromatic rings. The molecule has 0 aliphatic rings. The highest BCUT2D eigenvalue weighted by molar-refractivity contribution is 7.92. The molecule has 0 aliphatic heterocycles. The lowest BCUT2D eigenvalue weighted by Crippen LogP contribution is -2.06. The fraction of sp³-hybridized carbons (Fsp3) is 0.150. The molecule has 0 fully saturated rings. The van der Waals surface area contributed by atoms with E-state index in [0.29, 0.717) is 76.8 Å². The summed E-state index contributed by atoms with van der Waals surface area (Å²) >= 11 is 0. The van der Waals surface area contributed by atoms with E-state index in [9.17, 15) is 16.8 Å². The summed E-state index contributed by atoms with van der Waals surface area (Å²) in [5, 5.41) is 21.2. The van der Waals surface area contributed by atoms with Crippen molar-refractivity contribution in [3.8, 4) is 11.5 Å². The molecule has 2 heterocycles. The molecule has 6 aromatic carbocycles. The largest absolute Gasteiger partial charge is 0.494 e. The molecule has 0 aliphatic carbocycles. The minimum Gasteiger partial charge on any atom is -0.494 e. The molecule has 0 unspecified atom stereocenters. The molecule has 56 heavy (non-hydrogen) atoms. The van der Waals surface area contributed by atoms with Crippen molar-refractivity contribution in [1.82, 2.24) is 20.4 Å². The van der Waals surface area contributed by atoms with Gasteiger partial charge in [-0.3, -0.25) is 10.2 Å². The molecule has 16 heteroatoms. The first-order valence-corrected chi connectivity index (χ1v) is 20.6. The second kappa shape index (κ2) is 16.5. The van der Waals surface area contributed by atoms with Gasteiger partial charge in [-0.15, -0.1) is 0 Å². The van der Waals surface area contributed by atoms with Crippen molar-refractivity contribution in [3.05, 3.63) is 132 Å². The fourth-order valence-corrected chi connectivity index (χ4v) is 9.39. The second-order valence-corrected chi connectivity index (χ2v) is 16.3. The first kappa shape index (κ1) is 37.8. The van der Waals surface area contributed by atoms with Crippen LogP contribution in [0, 0.1) is 0 Å². The second-order valence-electron chi connectivity index (χ2n) is 12.6. The van der Waals surface area contributed by atoms with E-state index in [-0.39, 0.29) is 19.8 Å². The number of rotatable bonds is 13. The van der Waals surface area contributed by atoms with E-state index in [4.69, 9.17) is 20.7 Å². The Bertz CT molecular complexity index is 2950. The number of nitrogens with two attached hydrogens (primary N) is 1. The van der Waals surface area contributed by atoms with E-state index in [1.165, 1.54) is 0 Å². The van der Waals surface area contributed by atoms with E-state index in [0.717, 1.165) is 17.2 Å². The number of azide groups is 1. The first-order valence-electron chi connectivity index (χ1n) is 17.6. The lowest BCUT2D eigenvalue weighted by atomic mass is 10.1. The summed E-state index contributed by atoms with van der Waals surface area (Å²) < 4.78 is 64.9. The van der Waals surface area contributed by atoms with Gasteiger partial charge in [-0.05, 0) is 84.2 Å². The average Bonchev–Trinajstić information content (AvgIpc) is 3.86. The van der Waals surface area contributed by atoms with E-state index in [2.05, 4.69) is 30.4 Å². The molecule has 2 aromatic heterocycles. The number of hydrogen-bond acceptors (Lipinski definition) is 10. The minimum absolute atomic E-state index is 0.0309. The summed E-state index contributed by atoms with van der Waals surface area (Å²) in [6.45, 7) is 1.71. The van der Waals surface area contributed by atoms with Gasteiger partial charge in [0.2, 0.25) is 19.7 Å². The van der Waals surface area contributed by atoms with E-state index >= 15 is 0 Å². The van der Waals surface area contributed by atoms with Crippen LogP contribution in [0.15, 0.2) is 146 Å². The number of ether oxygens (including phenoxy) is 2. The van der Waals surface area contributed by atoms with Crippen molar-refractivity contribution in [2.45, 2.75) is 32.7 Å². The van der Waals surface area contributed by atoms with Crippen LogP contribution in [0.4, 0.5) is 0 Å². The summed E-state index contributed by atoms with van der Waals surface area (Å²) in [5.41, 5.74) is 14.9. The van der Waals surface area contributed by atoms with Crippen molar-refractivity contribution >= 4 is 63.0 Å². The number of sulfone groups is 2. The Hall–Kier alpha value is -6.45. The molecule has 0 bridgehead atoms. The van der Waals surface area contributed by atoms with Crippen LogP contribution in [0.2, 0.25) is 0 Å². The zero-order valence-electron chi connectivity index (χ0n) is 29.9. The number of aromatic nitrogens is 4. The molecule has 0 radical (unpaired) electrons. The maximum Gasteiger partial charge on any atom is 0.224 e. The lowest BCUT2D eigenvalue weighted by Gasteiger charge is -2.08. The van der Waals surface area contributed by atoms with Crippen molar-refractivity contribution in [3.63, 3.8) is 0 Å². The highest BCUT2D eigenvalue weighted by atomic mass is 32.2. The molecule has 8 rings (SSSR count). The zero-order valence-corrected chi connectivity index (χ0v) is 31.5. The third-order valence-corrected chi connectivity index (χ3v) is 12.5. The van der Waals surface area contributed by atoms with Gasteiger partial charge in [-0.1, -0.05) is 77.9 Å². The van der Waals surface area contributed by atoms with E-state index in [1.54, 1.807) is 66.7 Å². The topological polar surface area (TPSA) is 219 Å². The van der Waals surface area contributed by atoms with Gasteiger partial charge in [-0.2, -0.15) is 10.2 Å². The molecule has 0 amide bonds. The maximum atomic E-state index is 13.4. The first-order chi connectivity index (χ1) is 27.2. The predicted molar refractivity (Wildman–Crippen MR) is 214 cm³/mol. The highest BCUT2D eigenvalue weighted by Crippen LogP contribution is 2.34. The molecule has 284 valence electrons. The Morgan fingerprint density at radius 2 is 1.07 bits per heavy atom. The molecular weight excluding hydrogens is 753 g/mol. The number of H-pyrrole nitrogens is 2. The van der Waals surface area contributed by atoms with Crippen molar-refractivity contribution in [1.29, 1.82) is 0 Å². The summed E-state index contributed by atoms with van der Waals surface area (Å²) in [6.07, 6.45) is 1.29. The minimum atomic E-state index is -3.83. The van der Waals surface area contributed by atoms with Crippen molar-refractivity contribution < 1.29 is 26.3 Å². The third kappa shape index (κ3) is 7.72. The highest BCUT2D eigenvalue weighted by Gasteiger charge is 2.26. The smallest absolute Gasteiger partial charge is 0.224 e. The quantitative estimate of drug-likeness (QED) is 0.0447. The monoisotopic (exact) mass is 788 g/mol. The maximum absolute atomic E-state index is 13.4. The molecule has 0 atom stereocenters. The number of hydrogen-bond donors (Lipinski definition) is 3. The Labute approximate surface area is 321 Å². The van der Waals surface area contributed by atoms with E-state index in [1.807, 2.05) is 54.6 Å². The molecule has 0 saturated carbocycles. The summed E-state index contributed by atoms with van der Waals surface area (Å²) in [5.74, 6) is 1.11. The predicted octanol–water partition coefficient (Wildman–Crippen LogP) is 7.90. The van der Waals surface area contributed by atoms with Gasteiger partial charge in [0.1, 0.15) is 11.5 Å². The Morgan fingerprint density at radius 3 is 1.55 bits per heavy atom. The van der Waals surface area contributed by atoms with Crippen LogP contribution < -0.4 is 15.2 Å². The normalized spacial score (nSPS) is 11.7. The van der Waals surface area contributed by atoms with Gasteiger partial charge in [-0.25, -0.2) is 16.8 Å². The molecular formula is C40H36N8O6S2. The number of nitrogens with one attached hydrogen (secondary N) is 2. The molecule has 0 spiro atoms. The standard InChI is InChI=1S/C20H17N5O3S.C20H19N3O3S/c21-25-22-11-4-12-28-15-9-10-18-17(13-15)20(24-23-18)29(26,27)19-8-3-6-14-5-1-2-7-16(14)19;21-11-4-12-26-15-9-10-18-17(13-15)20(23-22-18)27(24,25)19-8-3-6-14-5-1-2-7-16(14)19/h1-3,5-10,13H,4,11-12H2,(H,23,24);1-3,5-10,13H,4,11-12,21H2,(H,22,23). The van der Waals surface area contributed by atoms with E-state index < -0.39 is 19.7 Å². The zero-order chi connectivity index (χ0) is 39.1. The average molecular weight is 789 g/mol. The molecule has 4 N–H and O–H groups in total. The van der Waals surface area contributed by atoms with Crippen LogP contribution in [-0.2, 0) is 19.7 Å². The summed E-state index contributed by atoms with van der Waals surface area (Å²) in [4.78, 5) is 3.17. The Balaban J connectivity index is 0.000000172. The van der Waals surface area contributed by atoms with Gasteiger partial charge in [0.15, 0.2) is 10.1 Å².